The van der Waals surface area contributed by atoms with Crippen LogP contribution in [0.4, 0.5) is 17.6 Å². The van der Waals surface area contributed by atoms with Crippen LogP contribution in [0.25, 0.3) is 11.4 Å². The van der Waals surface area contributed by atoms with E-state index in [-0.39, 0.29) is 17.9 Å². The highest BCUT2D eigenvalue weighted by Crippen LogP contribution is 2.29. The van der Waals surface area contributed by atoms with Crippen LogP contribution in [0.5, 0.6) is 0 Å². The maximum Gasteiger partial charge on any atom is 0.416 e. The van der Waals surface area contributed by atoms with Crippen LogP contribution in [0, 0.1) is 5.82 Å². The number of carbonyl (C=O) groups is 1. The minimum Gasteiger partial charge on any atom is -0.292 e. The molecule has 5 nitrogen and oxygen atoms in total. The van der Waals surface area contributed by atoms with E-state index in [1.54, 1.807) is 6.07 Å². The molecule has 0 saturated carbocycles. The van der Waals surface area contributed by atoms with Crippen molar-refractivity contribution < 1.29 is 22.4 Å². The first-order valence-corrected chi connectivity index (χ1v) is 7.07. The molecule has 0 saturated heterocycles. The van der Waals surface area contributed by atoms with Crippen LogP contribution in [0.3, 0.4) is 0 Å². The van der Waals surface area contributed by atoms with Gasteiger partial charge in [0, 0.05) is 11.1 Å². The predicted molar refractivity (Wildman–Crippen MR) is 79.0 cm³/mol. The smallest absolute Gasteiger partial charge is 0.292 e. The van der Waals surface area contributed by atoms with Crippen molar-refractivity contribution in [2.24, 2.45) is 0 Å². The summed E-state index contributed by atoms with van der Waals surface area (Å²) in [6.07, 6.45) is -4.54. The van der Waals surface area contributed by atoms with Gasteiger partial charge in [0.25, 0.3) is 0 Å². The lowest BCUT2D eigenvalue weighted by Gasteiger charge is -2.07. The van der Waals surface area contributed by atoms with Gasteiger partial charge in [0.2, 0.25) is 5.82 Å². The number of hydrogen-bond acceptors (Lipinski definition) is 4. The minimum absolute atomic E-state index is 0.108. The molecule has 0 spiro atoms. The highest BCUT2D eigenvalue weighted by molar-refractivity contribution is 5.96. The lowest BCUT2D eigenvalue weighted by Crippen LogP contribution is -2.14. The van der Waals surface area contributed by atoms with Crippen molar-refractivity contribution in [3.63, 3.8) is 0 Å². The average molecular weight is 350 g/mol. The highest BCUT2D eigenvalue weighted by atomic mass is 19.4. The Kier molecular flexibility index (Phi) is 4.30. The van der Waals surface area contributed by atoms with Gasteiger partial charge < -0.3 is 0 Å². The number of Topliss-reactive ketones (excluding diaryl/α,β-unsaturated/α-hetero) is 1. The van der Waals surface area contributed by atoms with Crippen molar-refractivity contribution >= 4 is 5.78 Å². The standard InChI is InChI=1S/C16H10F4N4O/c17-13-6-2-4-11(8-13)15-21-23-24(22-15)9-14(25)10-3-1-5-12(7-10)16(18,19)20/h1-8H,9H2. The third-order valence-corrected chi connectivity index (χ3v) is 3.33. The first-order valence-electron chi connectivity index (χ1n) is 7.07. The van der Waals surface area contributed by atoms with Gasteiger partial charge in [-0.25, -0.2) is 4.39 Å². The molecule has 128 valence electrons. The molecular formula is C16H10F4N4O. The van der Waals surface area contributed by atoms with E-state index in [1.165, 1.54) is 24.3 Å². The van der Waals surface area contributed by atoms with E-state index in [0.29, 0.717) is 5.56 Å². The van der Waals surface area contributed by atoms with Crippen molar-refractivity contribution in [3.8, 4) is 11.4 Å². The van der Waals surface area contributed by atoms with Gasteiger partial charge in [0.1, 0.15) is 12.4 Å². The lowest BCUT2D eigenvalue weighted by molar-refractivity contribution is -0.137. The molecule has 0 aliphatic rings. The highest BCUT2D eigenvalue weighted by Gasteiger charge is 2.30. The van der Waals surface area contributed by atoms with Crippen molar-refractivity contribution in [1.82, 2.24) is 20.2 Å². The van der Waals surface area contributed by atoms with Crippen molar-refractivity contribution in [2.45, 2.75) is 12.7 Å². The first-order chi connectivity index (χ1) is 11.8. The molecule has 2 aromatic carbocycles. The van der Waals surface area contributed by atoms with Gasteiger partial charge >= 0.3 is 6.18 Å². The van der Waals surface area contributed by atoms with Crippen molar-refractivity contribution in [3.05, 3.63) is 65.5 Å². The van der Waals surface area contributed by atoms with Crippen LogP contribution in [-0.2, 0) is 12.7 Å². The summed E-state index contributed by atoms with van der Waals surface area (Å²) < 4.78 is 51.3. The summed E-state index contributed by atoms with van der Waals surface area (Å²) in [4.78, 5) is 13.1. The zero-order chi connectivity index (χ0) is 18.0. The zero-order valence-corrected chi connectivity index (χ0v) is 12.5. The van der Waals surface area contributed by atoms with Crippen LogP contribution in [-0.4, -0.2) is 26.0 Å². The Morgan fingerprint density at radius 1 is 1.08 bits per heavy atom. The monoisotopic (exact) mass is 350 g/mol. The Balaban J connectivity index is 1.78. The van der Waals surface area contributed by atoms with E-state index in [2.05, 4.69) is 15.4 Å². The molecule has 0 radical (unpaired) electrons. The van der Waals surface area contributed by atoms with Crippen LogP contribution >= 0.6 is 0 Å². The number of hydrogen-bond donors (Lipinski definition) is 0. The quantitative estimate of drug-likeness (QED) is 0.535. The van der Waals surface area contributed by atoms with E-state index >= 15 is 0 Å². The number of aromatic nitrogens is 4. The maximum atomic E-state index is 13.2. The van der Waals surface area contributed by atoms with Crippen LogP contribution < -0.4 is 0 Å². The molecular weight excluding hydrogens is 340 g/mol. The second-order valence-corrected chi connectivity index (χ2v) is 5.16. The third kappa shape index (κ3) is 3.87. The number of rotatable bonds is 4. The molecule has 0 N–H and O–H groups in total. The number of benzene rings is 2. The number of carbonyl (C=O) groups excluding carboxylic acids is 1. The maximum absolute atomic E-state index is 13.2. The van der Waals surface area contributed by atoms with Crippen LogP contribution in [0.15, 0.2) is 48.5 Å². The molecule has 0 unspecified atom stereocenters. The van der Waals surface area contributed by atoms with E-state index in [0.717, 1.165) is 23.0 Å². The van der Waals surface area contributed by atoms with E-state index in [9.17, 15) is 22.4 Å². The molecule has 3 aromatic rings. The summed E-state index contributed by atoms with van der Waals surface area (Å²) in [6, 6.07) is 9.59. The van der Waals surface area contributed by atoms with Gasteiger partial charge in [-0.15, -0.1) is 10.2 Å². The fraction of sp³-hybridized carbons (Fsp3) is 0.125. The third-order valence-electron chi connectivity index (χ3n) is 3.33. The van der Waals surface area contributed by atoms with Gasteiger partial charge in [-0.1, -0.05) is 24.3 Å². The fourth-order valence-corrected chi connectivity index (χ4v) is 2.14. The lowest BCUT2D eigenvalue weighted by atomic mass is 10.1. The number of tetrazole rings is 1. The summed E-state index contributed by atoms with van der Waals surface area (Å²) >= 11 is 0. The normalized spacial score (nSPS) is 11.5. The second kappa shape index (κ2) is 6.42. The van der Waals surface area contributed by atoms with E-state index in [4.69, 9.17) is 0 Å². The SMILES string of the molecule is O=C(Cn1nnc(-c2cccc(F)c2)n1)c1cccc(C(F)(F)F)c1. The van der Waals surface area contributed by atoms with Gasteiger partial charge in [-0.3, -0.25) is 4.79 Å². The zero-order valence-electron chi connectivity index (χ0n) is 12.5. The molecule has 0 bridgehead atoms. The average Bonchev–Trinajstić information content (AvgIpc) is 3.03. The summed E-state index contributed by atoms with van der Waals surface area (Å²) in [6.45, 7) is -0.385. The first kappa shape index (κ1) is 16.7. The Bertz CT molecular complexity index is 920. The Hall–Kier alpha value is -3.10. The molecule has 1 aromatic heterocycles. The van der Waals surface area contributed by atoms with Crippen LogP contribution in [0.2, 0.25) is 0 Å². The summed E-state index contributed by atoms with van der Waals surface area (Å²) in [5, 5.41) is 11.3. The van der Waals surface area contributed by atoms with Gasteiger partial charge in [0.05, 0.1) is 5.56 Å². The molecule has 0 amide bonds. The van der Waals surface area contributed by atoms with E-state index < -0.39 is 23.3 Å². The fourth-order valence-electron chi connectivity index (χ4n) is 2.14. The topological polar surface area (TPSA) is 60.7 Å². The second-order valence-electron chi connectivity index (χ2n) is 5.16. The number of ketones is 1. The number of alkyl halides is 3. The molecule has 0 atom stereocenters. The van der Waals surface area contributed by atoms with Gasteiger partial charge in [0.15, 0.2) is 5.78 Å². The summed E-state index contributed by atoms with van der Waals surface area (Å²) in [7, 11) is 0. The van der Waals surface area contributed by atoms with Crippen LogP contribution in [0.1, 0.15) is 15.9 Å². The minimum atomic E-state index is -4.54. The molecule has 0 aliphatic carbocycles. The van der Waals surface area contributed by atoms with Crippen molar-refractivity contribution in [1.29, 1.82) is 0 Å². The molecule has 3 rings (SSSR count). The van der Waals surface area contributed by atoms with Gasteiger partial charge in [-0.05, 0) is 29.5 Å². The van der Waals surface area contributed by atoms with E-state index in [1.807, 2.05) is 0 Å². The number of halogens is 4. The molecule has 0 fully saturated rings. The summed E-state index contributed by atoms with van der Waals surface area (Å²) in [5.41, 5.74) is -0.650. The molecule has 25 heavy (non-hydrogen) atoms. The molecule has 9 heteroatoms. The Morgan fingerprint density at radius 3 is 2.56 bits per heavy atom. The van der Waals surface area contributed by atoms with Gasteiger partial charge in [-0.2, -0.15) is 18.0 Å². The largest absolute Gasteiger partial charge is 0.416 e. The molecule has 0 aliphatic heterocycles. The predicted octanol–water partition coefficient (Wildman–Crippen LogP) is 3.38. The Morgan fingerprint density at radius 2 is 1.84 bits per heavy atom. The Labute approximate surface area is 138 Å². The van der Waals surface area contributed by atoms with Crippen molar-refractivity contribution in [2.75, 3.05) is 0 Å². The number of nitrogens with zero attached hydrogens (tertiary/aromatic N) is 4. The summed E-state index contributed by atoms with van der Waals surface area (Å²) in [5.74, 6) is -0.973. The molecule has 1 heterocycles.